The molecule has 0 aliphatic heterocycles. The number of likely N-dealkylation sites (N-methyl/N-ethyl adjacent to an activating group) is 1. The number of ether oxygens (including phenoxy) is 2. The largest absolute Gasteiger partial charge is 0.497 e. The number of carbonyl (C=O) groups is 2. The van der Waals surface area contributed by atoms with E-state index in [1.165, 1.54) is 10.6 Å². The summed E-state index contributed by atoms with van der Waals surface area (Å²) in [5, 5.41) is 2.03. The molecule has 0 spiro atoms. The second-order valence-corrected chi connectivity index (χ2v) is 8.34. The number of nitrogens with zero attached hydrogens (tertiary/aromatic N) is 2. The second-order valence-electron chi connectivity index (χ2n) is 7.28. The number of aromatic nitrogens is 1. The third kappa shape index (κ3) is 5.70. The first-order valence-electron chi connectivity index (χ1n) is 10.9. The van der Waals surface area contributed by atoms with Crippen LogP contribution in [0.2, 0.25) is 0 Å². The highest BCUT2D eigenvalue weighted by Crippen LogP contribution is 2.22. The van der Waals surface area contributed by atoms with Gasteiger partial charge in [-0.2, -0.15) is 0 Å². The Bertz CT molecular complexity index is 1340. The van der Waals surface area contributed by atoms with Crippen molar-refractivity contribution in [2.24, 2.45) is 0 Å². The van der Waals surface area contributed by atoms with E-state index >= 15 is 0 Å². The molecule has 1 heterocycles. The Morgan fingerprint density at radius 3 is 2.42 bits per heavy atom. The SMILES string of the molecule is CCOC(=O)/C=c1\s/c(=C\c2ccc3cc(OC)ccc3c2)c(=O)n1CC(=O)N(CC)CC. The van der Waals surface area contributed by atoms with Gasteiger partial charge in [-0.3, -0.25) is 14.2 Å². The molecule has 0 N–H and O–H groups in total. The summed E-state index contributed by atoms with van der Waals surface area (Å²) >= 11 is 1.16. The van der Waals surface area contributed by atoms with Crippen molar-refractivity contribution < 1.29 is 19.1 Å². The van der Waals surface area contributed by atoms with Crippen molar-refractivity contribution in [1.82, 2.24) is 9.47 Å². The van der Waals surface area contributed by atoms with Gasteiger partial charge in [0, 0.05) is 13.1 Å². The van der Waals surface area contributed by atoms with E-state index in [2.05, 4.69) is 0 Å². The molecule has 33 heavy (non-hydrogen) atoms. The lowest BCUT2D eigenvalue weighted by molar-refractivity contribution is -0.135. The van der Waals surface area contributed by atoms with Gasteiger partial charge in [0.25, 0.3) is 5.56 Å². The van der Waals surface area contributed by atoms with Crippen molar-refractivity contribution in [3.8, 4) is 5.75 Å². The summed E-state index contributed by atoms with van der Waals surface area (Å²) in [6.07, 6.45) is 3.05. The summed E-state index contributed by atoms with van der Waals surface area (Å²) in [5.41, 5.74) is 0.529. The summed E-state index contributed by atoms with van der Waals surface area (Å²) in [4.78, 5) is 39.6. The van der Waals surface area contributed by atoms with Gasteiger partial charge in [0.2, 0.25) is 5.91 Å². The van der Waals surface area contributed by atoms with Crippen LogP contribution in [0.1, 0.15) is 26.3 Å². The lowest BCUT2D eigenvalue weighted by atomic mass is 10.1. The van der Waals surface area contributed by atoms with E-state index in [0.717, 1.165) is 33.4 Å². The lowest BCUT2D eigenvalue weighted by Gasteiger charge is -2.18. The number of amides is 1. The number of methoxy groups -OCH3 is 1. The van der Waals surface area contributed by atoms with Gasteiger partial charge < -0.3 is 14.4 Å². The van der Waals surface area contributed by atoms with E-state index in [1.807, 2.05) is 50.2 Å². The van der Waals surface area contributed by atoms with Crippen molar-refractivity contribution in [3.05, 3.63) is 61.5 Å². The van der Waals surface area contributed by atoms with Gasteiger partial charge in [0.1, 0.15) is 17.0 Å². The summed E-state index contributed by atoms with van der Waals surface area (Å²) in [7, 11) is 1.63. The smallest absolute Gasteiger partial charge is 0.333 e. The number of carbonyl (C=O) groups excluding carboxylic acids is 2. The van der Waals surface area contributed by atoms with E-state index in [-0.39, 0.29) is 24.6 Å². The Morgan fingerprint density at radius 2 is 1.76 bits per heavy atom. The highest BCUT2D eigenvalue weighted by atomic mass is 32.1. The molecule has 0 fully saturated rings. The monoisotopic (exact) mass is 468 g/mol. The van der Waals surface area contributed by atoms with Crippen LogP contribution in [-0.2, 0) is 20.9 Å². The van der Waals surface area contributed by atoms with E-state index in [0.29, 0.717) is 22.3 Å². The van der Waals surface area contributed by atoms with Crippen molar-refractivity contribution in [2.45, 2.75) is 27.3 Å². The molecule has 0 aliphatic rings. The van der Waals surface area contributed by atoms with Gasteiger partial charge in [-0.15, -0.1) is 11.3 Å². The normalized spacial score (nSPS) is 12.2. The van der Waals surface area contributed by atoms with Gasteiger partial charge in [0.05, 0.1) is 24.3 Å². The number of benzene rings is 2. The standard InChI is InChI=1S/C25H28N2O5S/c1-5-26(6-2)22(28)16-27-23(15-24(29)32-7-3)33-21(25(27)30)13-17-8-9-19-14-20(31-4)11-10-18(19)12-17/h8-15H,5-7,16H2,1-4H3/b21-13-,23-15-. The lowest BCUT2D eigenvalue weighted by Crippen LogP contribution is -2.40. The Labute approximate surface area is 196 Å². The van der Waals surface area contributed by atoms with Crippen LogP contribution in [0.15, 0.2) is 41.2 Å². The molecule has 0 bridgehead atoms. The zero-order chi connectivity index (χ0) is 24.0. The van der Waals surface area contributed by atoms with Gasteiger partial charge in [-0.25, -0.2) is 4.79 Å². The summed E-state index contributed by atoms with van der Waals surface area (Å²) in [6.45, 7) is 6.68. The second kappa shape index (κ2) is 11.0. The highest BCUT2D eigenvalue weighted by Gasteiger charge is 2.15. The maximum absolute atomic E-state index is 13.2. The fraction of sp³-hybridized carbons (Fsp3) is 0.320. The molecule has 174 valence electrons. The molecule has 1 amide bonds. The number of fused-ring (bicyclic) bond motifs is 1. The number of hydrogen-bond donors (Lipinski definition) is 0. The van der Waals surface area contributed by atoms with E-state index in [4.69, 9.17) is 9.47 Å². The van der Waals surface area contributed by atoms with Crippen LogP contribution in [0.5, 0.6) is 5.75 Å². The van der Waals surface area contributed by atoms with Crippen LogP contribution in [0.4, 0.5) is 0 Å². The molecule has 2 aromatic carbocycles. The summed E-state index contributed by atoms with van der Waals surface area (Å²) in [5.74, 6) is 0.0518. The van der Waals surface area contributed by atoms with Gasteiger partial charge in [-0.05, 0) is 61.4 Å². The van der Waals surface area contributed by atoms with Crippen molar-refractivity contribution in [3.63, 3.8) is 0 Å². The number of hydrogen-bond acceptors (Lipinski definition) is 6. The summed E-state index contributed by atoms with van der Waals surface area (Å²) < 4.78 is 12.5. The average Bonchev–Trinajstić information content (AvgIpc) is 3.08. The molecule has 7 nitrogen and oxygen atoms in total. The topological polar surface area (TPSA) is 77.8 Å². The van der Waals surface area contributed by atoms with E-state index in [1.54, 1.807) is 25.0 Å². The Hall–Kier alpha value is -3.39. The van der Waals surface area contributed by atoms with Crippen molar-refractivity contribution in [2.75, 3.05) is 26.8 Å². The maximum Gasteiger partial charge on any atom is 0.333 e. The molecule has 0 saturated heterocycles. The van der Waals surface area contributed by atoms with Gasteiger partial charge in [-0.1, -0.05) is 18.2 Å². The third-order valence-corrected chi connectivity index (χ3v) is 6.30. The minimum absolute atomic E-state index is 0.131. The first kappa shape index (κ1) is 24.3. The molecule has 0 atom stereocenters. The third-order valence-electron chi connectivity index (χ3n) is 5.24. The number of rotatable bonds is 8. The Morgan fingerprint density at radius 1 is 1.06 bits per heavy atom. The zero-order valence-electron chi connectivity index (χ0n) is 19.3. The predicted octanol–water partition coefficient (Wildman–Crippen LogP) is 2.11. The van der Waals surface area contributed by atoms with E-state index < -0.39 is 5.97 Å². The fourth-order valence-electron chi connectivity index (χ4n) is 3.50. The first-order valence-corrected chi connectivity index (χ1v) is 11.7. The number of esters is 1. The van der Waals surface area contributed by atoms with Crippen LogP contribution in [0.3, 0.4) is 0 Å². The predicted molar refractivity (Wildman–Crippen MR) is 131 cm³/mol. The molecular weight excluding hydrogens is 440 g/mol. The molecule has 3 rings (SSSR count). The van der Waals surface area contributed by atoms with Crippen LogP contribution in [-0.4, -0.2) is 48.1 Å². The quantitative estimate of drug-likeness (QED) is 0.473. The van der Waals surface area contributed by atoms with E-state index in [9.17, 15) is 14.4 Å². The molecule has 0 unspecified atom stereocenters. The van der Waals surface area contributed by atoms with Gasteiger partial charge >= 0.3 is 5.97 Å². The molecule has 0 aliphatic carbocycles. The highest BCUT2D eigenvalue weighted by molar-refractivity contribution is 7.07. The van der Waals surface area contributed by atoms with Crippen LogP contribution in [0, 0.1) is 0 Å². The molecular formula is C25H28N2O5S. The molecule has 8 heteroatoms. The van der Waals surface area contributed by atoms with Crippen LogP contribution in [0.25, 0.3) is 22.9 Å². The first-order chi connectivity index (χ1) is 15.9. The number of thiazole rings is 1. The zero-order valence-corrected chi connectivity index (χ0v) is 20.1. The molecule has 0 radical (unpaired) electrons. The van der Waals surface area contributed by atoms with Crippen molar-refractivity contribution >= 4 is 46.1 Å². The fourth-order valence-corrected chi connectivity index (χ4v) is 4.53. The molecule has 0 saturated carbocycles. The van der Waals surface area contributed by atoms with Crippen molar-refractivity contribution in [1.29, 1.82) is 0 Å². The molecule has 1 aromatic heterocycles. The summed E-state index contributed by atoms with van der Waals surface area (Å²) in [6, 6.07) is 11.7. The van der Waals surface area contributed by atoms with Crippen LogP contribution >= 0.6 is 11.3 Å². The van der Waals surface area contributed by atoms with Crippen LogP contribution < -0.4 is 19.5 Å². The minimum atomic E-state index is -0.547. The maximum atomic E-state index is 13.2. The average molecular weight is 469 g/mol. The Balaban J connectivity index is 2.10. The Kier molecular flexibility index (Phi) is 8.06. The van der Waals surface area contributed by atoms with Gasteiger partial charge in [0.15, 0.2) is 0 Å². The molecule has 3 aromatic rings. The minimum Gasteiger partial charge on any atom is -0.497 e.